The molecule has 156 valence electrons. The van der Waals surface area contributed by atoms with E-state index in [1.54, 1.807) is 0 Å². The Morgan fingerprint density at radius 1 is 1.18 bits per heavy atom. The number of piperidine rings is 1. The Hall–Kier alpha value is -1.55. The molecule has 1 aromatic rings. The van der Waals surface area contributed by atoms with Crippen LogP contribution in [-0.2, 0) is 9.59 Å². The fourth-order valence-corrected chi connectivity index (χ4v) is 4.71. The number of piperazine rings is 1. The van der Waals surface area contributed by atoms with Crippen LogP contribution < -0.4 is 5.32 Å². The molecule has 2 amide bonds. The van der Waals surface area contributed by atoms with E-state index in [-0.39, 0.29) is 24.3 Å². The number of nitrogens with one attached hydrogen (secondary N) is 1. The quantitative estimate of drug-likeness (QED) is 0.713. The van der Waals surface area contributed by atoms with Crippen LogP contribution in [0.2, 0.25) is 0 Å². The molecule has 0 aliphatic carbocycles. The molecular formula is C19H31N5O3S. The van der Waals surface area contributed by atoms with Crippen molar-refractivity contribution in [2.75, 3.05) is 64.3 Å². The van der Waals surface area contributed by atoms with Gasteiger partial charge >= 0.3 is 0 Å². The second-order valence-corrected chi connectivity index (χ2v) is 8.88. The first-order valence-corrected chi connectivity index (χ1v) is 10.9. The van der Waals surface area contributed by atoms with Crippen LogP contribution in [0, 0.1) is 19.8 Å². The van der Waals surface area contributed by atoms with Crippen molar-refractivity contribution in [2.45, 2.75) is 26.7 Å². The summed E-state index contributed by atoms with van der Waals surface area (Å²) in [5.41, 5.74) is 0.947. The van der Waals surface area contributed by atoms with Crippen molar-refractivity contribution in [3.8, 4) is 0 Å². The summed E-state index contributed by atoms with van der Waals surface area (Å²) in [6, 6.07) is 0. The Labute approximate surface area is 170 Å². The average molecular weight is 410 g/mol. The Balaban J connectivity index is 1.47. The Bertz CT molecular complexity index is 668. The first kappa shape index (κ1) is 21.2. The molecule has 0 radical (unpaired) electrons. The number of hydrogen-bond donors (Lipinski definition) is 2. The summed E-state index contributed by atoms with van der Waals surface area (Å²) in [5.74, 6) is 0.106. The molecule has 2 N–H and O–H groups in total. The monoisotopic (exact) mass is 409 g/mol. The summed E-state index contributed by atoms with van der Waals surface area (Å²) in [4.78, 5) is 36.9. The molecule has 8 nitrogen and oxygen atoms in total. The number of hydrogen-bond acceptors (Lipinski definition) is 7. The van der Waals surface area contributed by atoms with E-state index in [1.165, 1.54) is 11.3 Å². The molecule has 28 heavy (non-hydrogen) atoms. The van der Waals surface area contributed by atoms with Gasteiger partial charge in [-0.15, -0.1) is 11.3 Å². The minimum absolute atomic E-state index is 0.0321. The smallest absolute Gasteiger partial charge is 0.240 e. The number of nitrogens with zero attached hydrogens (tertiary/aromatic N) is 4. The van der Waals surface area contributed by atoms with Crippen molar-refractivity contribution >= 4 is 28.3 Å². The molecule has 0 spiro atoms. The summed E-state index contributed by atoms with van der Waals surface area (Å²) in [6.07, 6.45) is 1.82. The molecule has 2 aliphatic heterocycles. The van der Waals surface area contributed by atoms with Gasteiger partial charge in [-0.25, -0.2) is 4.98 Å². The number of amides is 2. The molecule has 2 aliphatic rings. The second kappa shape index (κ2) is 9.78. The lowest BCUT2D eigenvalue weighted by Crippen LogP contribution is -2.53. The topological polar surface area (TPSA) is 89.0 Å². The molecule has 1 unspecified atom stereocenters. The number of likely N-dealkylation sites (tertiary alicyclic amines) is 1. The van der Waals surface area contributed by atoms with E-state index < -0.39 is 0 Å². The number of carbonyl (C=O) groups is 2. The number of carbonyl (C=O) groups excluding carboxylic acids is 2. The van der Waals surface area contributed by atoms with Gasteiger partial charge in [0.15, 0.2) is 5.13 Å². The average Bonchev–Trinajstić information content (AvgIpc) is 2.99. The van der Waals surface area contributed by atoms with Gasteiger partial charge in [0, 0.05) is 44.1 Å². The minimum atomic E-state index is -0.0699. The predicted octanol–water partition coefficient (Wildman–Crippen LogP) is 0.547. The third-order valence-electron chi connectivity index (χ3n) is 5.60. The molecule has 2 saturated heterocycles. The summed E-state index contributed by atoms with van der Waals surface area (Å²) in [5, 5.41) is 12.6. The predicted molar refractivity (Wildman–Crippen MR) is 109 cm³/mol. The van der Waals surface area contributed by atoms with Crippen molar-refractivity contribution in [3.05, 3.63) is 10.6 Å². The van der Waals surface area contributed by atoms with Gasteiger partial charge in [0.05, 0.1) is 24.8 Å². The largest absolute Gasteiger partial charge is 0.395 e. The van der Waals surface area contributed by atoms with Crippen LogP contribution in [0.15, 0.2) is 0 Å². The number of thiazole rings is 1. The van der Waals surface area contributed by atoms with Crippen molar-refractivity contribution in [2.24, 2.45) is 5.92 Å². The van der Waals surface area contributed by atoms with Crippen LogP contribution in [0.25, 0.3) is 0 Å². The van der Waals surface area contributed by atoms with E-state index >= 15 is 0 Å². The molecule has 3 heterocycles. The highest BCUT2D eigenvalue weighted by molar-refractivity contribution is 7.15. The van der Waals surface area contributed by atoms with Gasteiger partial charge in [-0.2, -0.15) is 0 Å². The van der Waals surface area contributed by atoms with Crippen molar-refractivity contribution in [1.82, 2.24) is 19.7 Å². The molecule has 0 saturated carbocycles. The van der Waals surface area contributed by atoms with Gasteiger partial charge in [-0.05, 0) is 33.2 Å². The zero-order chi connectivity index (χ0) is 20.1. The SMILES string of the molecule is Cc1nc(NC(=O)CN2CCCC(C(=O)N3CCN(CCO)CC3)C2)sc1C. The molecule has 0 aromatic carbocycles. The molecule has 0 bridgehead atoms. The van der Waals surface area contributed by atoms with Gasteiger partial charge < -0.3 is 15.3 Å². The maximum Gasteiger partial charge on any atom is 0.240 e. The third-order valence-corrected chi connectivity index (χ3v) is 6.59. The van der Waals surface area contributed by atoms with E-state index in [2.05, 4.69) is 20.1 Å². The van der Waals surface area contributed by atoms with Crippen molar-refractivity contribution in [1.29, 1.82) is 0 Å². The van der Waals surface area contributed by atoms with Gasteiger partial charge in [-0.3, -0.25) is 19.4 Å². The number of aryl methyl sites for hydroxylation is 2. The highest BCUT2D eigenvalue weighted by Crippen LogP contribution is 2.22. The summed E-state index contributed by atoms with van der Waals surface area (Å²) >= 11 is 1.49. The van der Waals surface area contributed by atoms with E-state index in [9.17, 15) is 9.59 Å². The summed E-state index contributed by atoms with van der Waals surface area (Å²) < 4.78 is 0. The lowest BCUT2D eigenvalue weighted by molar-refractivity contribution is -0.139. The van der Waals surface area contributed by atoms with E-state index in [1.807, 2.05) is 18.7 Å². The summed E-state index contributed by atoms with van der Waals surface area (Å²) in [6.45, 7) is 9.62. The van der Waals surface area contributed by atoms with Gasteiger partial charge in [-0.1, -0.05) is 0 Å². The fraction of sp³-hybridized carbons (Fsp3) is 0.737. The van der Waals surface area contributed by atoms with Crippen LogP contribution >= 0.6 is 11.3 Å². The molecule has 3 rings (SSSR count). The molecule has 1 aromatic heterocycles. The van der Waals surface area contributed by atoms with E-state index in [0.29, 0.717) is 24.8 Å². The minimum Gasteiger partial charge on any atom is -0.395 e. The maximum atomic E-state index is 12.9. The van der Waals surface area contributed by atoms with Crippen LogP contribution in [0.5, 0.6) is 0 Å². The molecular weight excluding hydrogens is 378 g/mol. The van der Waals surface area contributed by atoms with Crippen molar-refractivity contribution < 1.29 is 14.7 Å². The standard InChI is InChI=1S/C19H31N5O3S/c1-14-15(2)28-19(20-14)21-17(26)13-23-5-3-4-16(12-23)18(27)24-8-6-22(7-9-24)10-11-25/h16,25H,3-13H2,1-2H3,(H,20,21,26). The number of aromatic nitrogens is 1. The highest BCUT2D eigenvalue weighted by atomic mass is 32.1. The van der Waals surface area contributed by atoms with Crippen LogP contribution in [0.4, 0.5) is 5.13 Å². The van der Waals surface area contributed by atoms with E-state index in [0.717, 1.165) is 56.1 Å². The number of aliphatic hydroxyl groups is 1. The maximum absolute atomic E-state index is 12.9. The zero-order valence-corrected chi connectivity index (χ0v) is 17.6. The Morgan fingerprint density at radius 3 is 2.57 bits per heavy atom. The zero-order valence-electron chi connectivity index (χ0n) is 16.8. The van der Waals surface area contributed by atoms with E-state index in [4.69, 9.17) is 5.11 Å². The van der Waals surface area contributed by atoms with Crippen LogP contribution in [0.3, 0.4) is 0 Å². The van der Waals surface area contributed by atoms with Gasteiger partial charge in [0.1, 0.15) is 0 Å². The number of aliphatic hydroxyl groups excluding tert-OH is 1. The Kier molecular flexibility index (Phi) is 7.39. The first-order chi connectivity index (χ1) is 13.5. The van der Waals surface area contributed by atoms with Crippen molar-refractivity contribution in [3.63, 3.8) is 0 Å². The first-order valence-electron chi connectivity index (χ1n) is 10.0. The van der Waals surface area contributed by atoms with Gasteiger partial charge in [0.25, 0.3) is 0 Å². The fourth-order valence-electron chi connectivity index (χ4n) is 3.88. The van der Waals surface area contributed by atoms with Crippen LogP contribution in [-0.4, -0.2) is 95.6 Å². The third kappa shape index (κ3) is 5.50. The highest BCUT2D eigenvalue weighted by Gasteiger charge is 2.31. The normalized spacial score (nSPS) is 21.7. The molecule has 1 atom stereocenters. The summed E-state index contributed by atoms with van der Waals surface area (Å²) in [7, 11) is 0. The molecule has 9 heteroatoms. The number of β-amino-alcohol motifs (C(OH)–C–C–N with tert-alkyl or cyclic N) is 1. The lowest BCUT2D eigenvalue weighted by atomic mass is 9.96. The Morgan fingerprint density at radius 2 is 1.93 bits per heavy atom. The lowest BCUT2D eigenvalue weighted by Gasteiger charge is -2.38. The molecule has 2 fully saturated rings. The van der Waals surface area contributed by atoms with Crippen LogP contribution in [0.1, 0.15) is 23.4 Å². The second-order valence-electron chi connectivity index (χ2n) is 7.67. The number of anilines is 1. The number of rotatable bonds is 6. The van der Waals surface area contributed by atoms with Gasteiger partial charge in [0.2, 0.25) is 11.8 Å².